The topological polar surface area (TPSA) is 89.5 Å². The van der Waals surface area contributed by atoms with Gasteiger partial charge >= 0.3 is 11.9 Å². The first-order valence-corrected chi connectivity index (χ1v) is 16.2. The summed E-state index contributed by atoms with van der Waals surface area (Å²) in [5, 5.41) is 0. The third-order valence-electron chi connectivity index (χ3n) is 7.81. The molecule has 0 aromatic heterocycles. The van der Waals surface area contributed by atoms with Crippen molar-refractivity contribution in [2.45, 2.75) is 115 Å². The molecule has 2 aliphatic heterocycles. The normalized spacial score (nSPS) is 25.4. The van der Waals surface area contributed by atoms with E-state index in [0.717, 1.165) is 30.4 Å². The molecule has 0 unspecified atom stereocenters. The maximum atomic E-state index is 13.1. The smallest absolute Gasteiger partial charge is 0.306 e. The van der Waals surface area contributed by atoms with Gasteiger partial charge in [-0.3, -0.25) is 9.59 Å². The fourth-order valence-corrected chi connectivity index (χ4v) is 5.37. The molecule has 8 heteroatoms. The highest BCUT2D eigenvalue weighted by molar-refractivity contribution is 5.70. The largest absolute Gasteiger partial charge is 0.463 e. The molecule has 5 atom stereocenters. The number of hydrogen-bond donors (Lipinski definition) is 0. The zero-order valence-corrected chi connectivity index (χ0v) is 26.0. The van der Waals surface area contributed by atoms with Gasteiger partial charge in [-0.1, -0.05) is 112 Å². The zero-order chi connectivity index (χ0) is 30.8. The van der Waals surface area contributed by atoms with Gasteiger partial charge in [0.05, 0.1) is 13.2 Å². The van der Waals surface area contributed by atoms with Crippen molar-refractivity contribution in [1.82, 2.24) is 0 Å². The Kier molecular flexibility index (Phi) is 14.9. The number of carbonyl (C=O) groups excluding carboxylic acids is 2. The second kappa shape index (κ2) is 19.4. The molecular weight excluding hydrogens is 560 g/mol. The monoisotopic (exact) mass is 608 g/mol. The van der Waals surface area contributed by atoms with Crippen LogP contribution in [0.2, 0.25) is 0 Å². The SMILES string of the molecule is CCCCCCCCO[C@H]1O[C@@H]2COC(=O)CC/C=C/CCC(=O)O[C@H]2[C@H](OCc2ccccc2)[C@H]1OCc1ccccc1. The Morgan fingerprint density at radius 2 is 1.30 bits per heavy atom. The molecule has 0 spiro atoms. The van der Waals surface area contributed by atoms with Gasteiger partial charge in [0.25, 0.3) is 0 Å². The average Bonchev–Trinajstić information content (AvgIpc) is 3.06. The molecule has 0 radical (unpaired) electrons. The van der Waals surface area contributed by atoms with Crippen molar-refractivity contribution in [2.75, 3.05) is 13.2 Å². The van der Waals surface area contributed by atoms with Crippen molar-refractivity contribution in [3.63, 3.8) is 0 Å². The fourth-order valence-electron chi connectivity index (χ4n) is 5.37. The first-order valence-electron chi connectivity index (χ1n) is 16.2. The molecule has 0 aliphatic carbocycles. The number of ether oxygens (including phenoxy) is 6. The Bertz CT molecular complexity index is 1120. The van der Waals surface area contributed by atoms with Gasteiger partial charge in [-0.05, 0) is 30.4 Å². The van der Waals surface area contributed by atoms with Gasteiger partial charge in [0.2, 0.25) is 0 Å². The van der Waals surface area contributed by atoms with Crippen LogP contribution in [-0.4, -0.2) is 55.9 Å². The van der Waals surface area contributed by atoms with Crippen LogP contribution in [0.4, 0.5) is 0 Å². The van der Waals surface area contributed by atoms with Crippen LogP contribution in [0, 0.1) is 0 Å². The minimum absolute atomic E-state index is 0.0893. The number of allylic oxidation sites excluding steroid dienone is 2. The molecule has 2 heterocycles. The van der Waals surface area contributed by atoms with Crippen molar-refractivity contribution < 1.29 is 38.0 Å². The van der Waals surface area contributed by atoms with Crippen LogP contribution >= 0.6 is 0 Å². The van der Waals surface area contributed by atoms with Gasteiger partial charge in [-0.15, -0.1) is 0 Å². The summed E-state index contributed by atoms with van der Waals surface area (Å²) in [6, 6.07) is 19.7. The zero-order valence-electron chi connectivity index (χ0n) is 26.0. The number of benzene rings is 2. The Balaban J connectivity index is 1.58. The summed E-state index contributed by atoms with van der Waals surface area (Å²) in [7, 11) is 0. The van der Waals surface area contributed by atoms with Crippen LogP contribution < -0.4 is 0 Å². The standard InChI is InChI=1S/C36H48O8/c1-2-3-4-5-8-17-24-39-36-35(42-26-29-20-13-10-14-21-29)34(41-25-28-18-11-9-12-19-28)33-30(43-36)27-40-31(37)22-15-6-7-16-23-32(38)44-33/h6-7,9-14,18-21,30,33-36H,2-5,8,15-17,22-27H2,1H3/b7-6+/t30-,33-,34+,35-,36+/m1/s1. The molecule has 1 fully saturated rings. The third-order valence-corrected chi connectivity index (χ3v) is 7.81. The highest BCUT2D eigenvalue weighted by Gasteiger charge is 2.50. The van der Waals surface area contributed by atoms with Crippen LogP contribution in [0.3, 0.4) is 0 Å². The summed E-state index contributed by atoms with van der Waals surface area (Å²) in [6.45, 7) is 3.16. The molecule has 1 saturated heterocycles. The molecule has 0 amide bonds. The van der Waals surface area contributed by atoms with E-state index in [1.54, 1.807) is 0 Å². The summed E-state index contributed by atoms with van der Waals surface area (Å²) in [4.78, 5) is 25.6. The predicted octanol–water partition coefficient (Wildman–Crippen LogP) is 6.84. The summed E-state index contributed by atoms with van der Waals surface area (Å²) >= 11 is 0. The first kappa shape index (κ1) is 33.8. The van der Waals surface area contributed by atoms with Crippen molar-refractivity contribution in [3.8, 4) is 0 Å². The van der Waals surface area contributed by atoms with E-state index in [1.807, 2.05) is 72.8 Å². The van der Waals surface area contributed by atoms with E-state index in [0.29, 0.717) is 26.1 Å². The number of carbonyl (C=O) groups is 2. The van der Waals surface area contributed by atoms with Crippen LogP contribution in [0.25, 0.3) is 0 Å². The lowest BCUT2D eigenvalue weighted by atomic mass is 9.97. The lowest BCUT2D eigenvalue weighted by Gasteiger charge is -2.45. The van der Waals surface area contributed by atoms with Gasteiger partial charge < -0.3 is 28.4 Å². The molecule has 0 saturated carbocycles. The van der Waals surface area contributed by atoms with Gasteiger partial charge in [0.1, 0.15) is 24.9 Å². The van der Waals surface area contributed by atoms with Crippen LogP contribution in [-0.2, 0) is 51.2 Å². The maximum Gasteiger partial charge on any atom is 0.306 e. The van der Waals surface area contributed by atoms with E-state index in [9.17, 15) is 9.59 Å². The first-order chi connectivity index (χ1) is 21.6. The summed E-state index contributed by atoms with van der Waals surface area (Å²) in [5.41, 5.74) is 1.95. The molecule has 2 aliphatic rings. The van der Waals surface area contributed by atoms with Crippen molar-refractivity contribution in [2.24, 2.45) is 0 Å². The van der Waals surface area contributed by atoms with Crippen molar-refractivity contribution in [1.29, 1.82) is 0 Å². The molecule has 4 rings (SSSR count). The Morgan fingerprint density at radius 3 is 1.95 bits per heavy atom. The van der Waals surface area contributed by atoms with E-state index < -0.39 is 30.7 Å². The van der Waals surface area contributed by atoms with Crippen LogP contribution in [0.1, 0.15) is 82.3 Å². The highest BCUT2D eigenvalue weighted by Crippen LogP contribution is 2.31. The van der Waals surface area contributed by atoms with E-state index in [2.05, 4.69) is 6.92 Å². The fraction of sp³-hybridized carbons (Fsp3) is 0.556. The lowest BCUT2D eigenvalue weighted by molar-refractivity contribution is -0.321. The van der Waals surface area contributed by atoms with Crippen LogP contribution in [0.5, 0.6) is 0 Å². The molecule has 44 heavy (non-hydrogen) atoms. The maximum absolute atomic E-state index is 13.1. The Hall–Kier alpha value is -3.04. The Labute approximate surface area is 262 Å². The molecule has 0 N–H and O–H groups in total. The van der Waals surface area contributed by atoms with E-state index in [1.165, 1.54) is 19.3 Å². The van der Waals surface area contributed by atoms with Gasteiger partial charge in [0.15, 0.2) is 12.4 Å². The third kappa shape index (κ3) is 11.5. The number of hydrogen-bond acceptors (Lipinski definition) is 8. The highest BCUT2D eigenvalue weighted by atomic mass is 16.7. The molecule has 2 aromatic rings. The second-order valence-electron chi connectivity index (χ2n) is 11.4. The summed E-state index contributed by atoms with van der Waals surface area (Å²) in [6.07, 6.45) is 8.11. The van der Waals surface area contributed by atoms with E-state index in [-0.39, 0.29) is 38.0 Å². The van der Waals surface area contributed by atoms with E-state index in [4.69, 9.17) is 28.4 Å². The van der Waals surface area contributed by atoms with Gasteiger partial charge in [-0.25, -0.2) is 0 Å². The average molecular weight is 609 g/mol. The number of fused-ring (bicyclic) bond motifs is 1. The molecule has 2 aromatic carbocycles. The predicted molar refractivity (Wildman–Crippen MR) is 166 cm³/mol. The second-order valence-corrected chi connectivity index (χ2v) is 11.4. The lowest BCUT2D eigenvalue weighted by Crippen LogP contribution is -2.62. The molecule has 0 bridgehead atoms. The Morgan fingerprint density at radius 1 is 0.705 bits per heavy atom. The quantitative estimate of drug-likeness (QED) is 0.131. The van der Waals surface area contributed by atoms with Crippen molar-refractivity contribution >= 4 is 11.9 Å². The number of cyclic esters (lactones) is 1. The molecular formula is C36H48O8. The molecule has 8 nitrogen and oxygen atoms in total. The van der Waals surface area contributed by atoms with Crippen molar-refractivity contribution in [3.05, 3.63) is 83.9 Å². The summed E-state index contributed by atoms with van der Waals surface area (Å²) < 4.78 is 37.5. The number of unbranched alkanes of at least 4 members (excludes halogenated alkanes) is 5. The minimum atomic E-state index is -0.876. The van der Waals surface area contributed by atoms with Gasteiger partial charge in [-0.2, -0.15) is 0 Å². The number of esters is 2. The van der Waals surface area contributed by atoms with E-state index >= 15 is 0 Å². The van der Waals surface area contributed by atoms with Crippen LogP contribution in [0.15, 0.2) is 72.8 Å². The minimum Gasteiger partial charge on any atom is -0.463 e. The summed E-state index contributed by atoms with van der Waals surface area (Å²) in [5.74, 6) is -0.711. The van der Waals surface area contributed by atoms with Gasteiger partial charge in [0, 0.05) is 19.4 Å². The molecule has 240 valence electrons. The number of rotatable bonds is 14.